The van der Waals surface area contributed by atoms with Gasteiger partial charge in [-0.2, -0.15) is 0 Å². The van der Waals surface area contributed by atoms with Crippen LogP contribution in [0.25, 0.3) is 11.0 Å². The molecule has 0 N–H and O–H groups in total. The molecule has 1 aliphatic rings. The van der Waals surface area contributed by atoms with Crippen LogP contribution < -0.4 is 4.90 Å². The first-order chi connectivity index (χ1) is 10.2. The highest BCUT2D eigenvalue weighted by molar-refractivity contribution is 5.75. The minimum absolute atomic E-state index is 0.609. The molecule has 1 aromatic carbocycles. The number of aromatic nitrogens is 2. The molecular formula is C17H24N4. The molecule has 1 fully saturated rings. The molecular weight excluding hydrogens is 260 g/mol. The summed E-state index contributed by atoms with van der Waals surface area (Å²) in [7, 11) is 4.37. The van der Waals surface area contributed by atoms with Gasteiger partial charge in [-0.25, -0.2) is 4.98 Å². The fraction of sp³-hybridized carbons (Fsp3) is 0.529. The minimum Gasteiger partial charge on any atom is -0.353 e. The number of nitrogens with zero attached hydrogens (tertiary/aromatic N) is 4. The Morgan fingerprint density at radius 3 is 2.67 bits per heavy atom. The van der Waals surface area contributed by atoms with Gasteiger partial charge in [0.2, 0.25) is 0 Å². The third-order valence-corrected chi connectivity index (χ3v) is 4.49. The van der Waals surface area contributed by atoms with Crippen LogP contribution in [0.2, 0.25) is 0 Å². The lowest BCUT2D eigenvalue weighted by Gasteiger charge is -2.24. The Balaban J connectivity index is 1.85. The first-order valence-electron chi connectivity index (χ1n) is 7.82. The molecule has 1 aliphatic heterocycles. The zero-order valence-electron chi connectivity index (χ0n) is 13.2. The molecule has 4 nitrogen and oxygen atoms in total. The van der Waals surface area contributed by atoms with Crippen LogP contribution in [0.1, 0.15) is 19.8 Å². The van der Waals surface area contributed by atoms with E-state index in [1.54, 1.807) is 0 Å². The van der Waals surface area contributed by atoms with Crippen molar-refractivity contribution in [3.05, 3.63) is 30.5 Å². The third-order valence-electron chi connectivity index (χ3n) is 4.49. The summed E-state index contributed by atoms with van der Waals surface area (Å²) in [6.07, 6.45) is 4.44. The third kappa shape index (κ3) is 2.86. The predicted molar refractivity (Wildman–Crippen MR) is 87.6 cm³/mol. The number of para-hydroxylation sites is 2. The van der Waals surface area contributed by atoms with Crippen molar-refractivity contribution in [3.63, 3.8) is 0 Å². The fourth-order valence-electron chi connectivity index (χ4n) is 3.38. The lowest BCUT2D eigenvalue weighted by atomic mass is 9.98. The second-order valence-electron chi connectivity index (χ2n) is 6.20. The summed E-state index contributed by atoms with van der Waals surface area (Å²) in [6, 6.07) is 8.69. The SMILES string of the molecule is CCCC1CN(c2cnc3ccccc3n2)CC1N(C)C. The van der Waals surface area contributed by atoms with E-state index in [9.17, 15) is 0 Å². The van der Waals surface area contributed by atoms with Crippen molar-refractivity contribution >= 4 is 16.9 Å². The summed E-state index contributed by atoms with van der Waals surface area (Å²) in [6.45, 7) is 4.40. The van der Waals surface area contributed by atoms with E-state index in [4.69, 9.17) is 4.98 Å². The summed E-state index contributed by atoms with van der Waals surface area (Å²) in [4.78, 5) is 14.1. The Morgan fingerprint density at radius 1 is 1.19 bits per heavy atom. The molecule has 2 aromatic rings. The first-order valence-corrected chi connectivity index (χ1v) is 7.82. The molecule has 2 atom stereocenters. The van der Waals surface area contributed by atoms with Crippen molar-refractivity contribution in [1.29, 1.82) is 0 Å². The second kappa shape index (κ2) is 5.98. The average Bonchev–Trinajstić information content (AvgIpc) is 2.91. The number of hydrogen-bond donors (Lipinski definition) is 0. The van der Waals surface area contributed by atoms with Gasteiger partial charge >= 0.3 is 0 Å². The van der Waals surface area contributed by atoms with Gasteiger partial charge in [-0.3, -0.25) is 4.98 Å². The van der Waals surface area contributed by atoms with Crippen molar-refractivity contribution in [3.8, 4) is 0 Å². The van der Waals surface area contributed by atoms with Crippen LogP contribution in [0.4, 0.5) is 5.82 Å². The van der Waals surface area contributed by atoms with Gasteiger partial charge in [0, 0.05) is 19.1 Å². The van der Waals surface area contributed by atoms with Gasteiger partial charge in [-0.05, 0) is 38.6 Å². The molecule has 0 aliphatic carbocycles. The Morgan fingerprint density at radius 2 is 1.95 bits per heavy atom. The van der Waals surface area contributed by atoms with Gasteiger partial charge in [0.1, 0.15) is 5.82 Å². The maximum absolute atomic E-state index is 4.79. The highest BCUT2D eigenvalue weighted by Crippen LogP contribution is 2.28. The summed E-state index contributed by atoms with van der Waals surface area (Å²) >= 11 is 0. The Kier molecular flexibility index (Phi) is 4.06. The van der Waals surface area contributed by atoms with Crippen LogP contribution >= 0.6 is 0 Å². The van der Waals surface area contributed by atoms with E-state index in [1.807, 2.05) is 30.5 Å². The van der Waals surface area contributed by atoms with Gasteiger partial charge in [0.05, 0.1) is 17.2 Å². The quantitative estimate of drug-likeness (QED) is 0.864. The molecule has 2 heterocycles. The Labute approximate surface area is 126 Å². The highest BCUT2D eigenvalue weighted by atomic mass is 15.3. The largest absolute Gasteiger partial charge is 0.353 e. The van der Waals surface area contributed by atoms with Crippen molar-refractivity contribution in [2.75, 3.05) is 32.1 Å². The maximum atomic E-state index is 4.79. The second-order valence-corrected chi connectivity index (χ2v) is 6.20. The van der Waals surface area contributed by atoms with Gasteiger partial charge < -0.3 is 9.80 Å². The zero-order chi connectivity index (χ0) is 14.8. The van der Waals surface area contributed by atoms with Crippen LogP contribution in [0.5, 0.6) is 0 Å². The molecule has 21 heavy (non-hydrogen) atoms. The molecule has 2 unspecified atom stereocenters. The molecule has 0 saturated carbocycles. The van der Waals surface area contributed by atoms with Crippen LogP contribution in [0.3, 0.4) is 0 Å². The predicted octanol–water partition coefficient (Wildman–Crippen LogP) is 2.80. The monoisotopic (exact) mass is 284 g/mol. The van der Waals surface area contributed by atoms with Gasteiger partial charge in [-0.15, -0.1) is 0 Å². The van der Waals surface area contributed by atoms with Crippen LogP contribution in [-0.2, 0) is 0 Å². The normalized spacial score (nSPS) is 22.4. The Bertz CT molecular complexity index is 611. The van der Waals surface area contributed by atoms with Crippen LogP contribution in [0.15, 0.2) is 30.5 Å². The minimum atomic E-state index is 0.609. The van der Waals surface area contributed by atoms with Gasteiger partial charge in [0.25, 0.3) is 0 Å². The van der Waals surface area contributed by atoms with E-state index < -0.39 is 0 Å². The molecule has 112 valence electrons. The smallest absolute Gasteiger partial charge is 0.147 e. The number of hydrogen-bond acceptors (Lipinski definition) is 4. The van der Waals surface area contributed by atoms with E-state index in [0.29, 0.717) is 6.04 Å². The summed E-state index contributed by atoms with van der Waals surface area (Å²) in [5.74, 6) is 1.73. The average molecular weight is 284 g/mol. The molecule has 1 saturated heterocycles. The van der Waals surface area contributed by atoms with E-state index in [0.717, 1.165) is 35.9 Å². The standard InChI is InChI=1S/C17H24N4/c1-4-7-13-11-21(12-16(13)20(2)3)17-10-18-14-8-5-6-9-15(14)19-17/h5-6,8-10,13,16H,4,7,11-12H2,1-3H3. The van der Waals surface area contributed by atoms with E-state index >= 15 is 0 Å². The van der Waals surface area contributed by atoms with E-state index in [2.05, 4.69) is 35.8 Å². The Hall–Kier alpha value is -1.68. The van der Waals surface area contributed by atoms with Crippen molar-refractivity contribution in [2.45, 2.75) is 25.8 Å². The van der Waals surface area contributed by atoms with Crippen molar-refractivity contribution in [2.24, 2.45) is 5.92 Å². The fourth-order valence-corrected chi connectivity index (χ4v) is 3.38. The lowest BCUT2D eigenvalue weighted by molar-refractivity contribution is 0.246. The summed E-state index contributed by atoms with van der Waals surface area (Å²) in [5.41, 5.74) is 1.95. The highest BCUT2D eigenvalue weighted by Gasteiger charge is 2.34. The molecule has 0 bridgehead atoms. The maximum Gasteiger partial charge on any atom is 0.147 e. The molecule has 4 heteroatoms. The number of rotatable bonds is 4. The zero-order valence-corrected chi connectivity index (χ0v) is 13.2. The first kappa shape index (κ1) is 14.3. The van der Waals surface area contributed by atoms with E-state index in [-0.39, 0.29) is 0 Å². The molecule has 0 amide bonds. The van der Waals surface area contributed by atoms with Crippen LogP contribution in [-0.4, -0.2) is 48.1 Å². The van der Waals surface area contributed by atoms with Gasteiger partial charge in [0.15, 0.2) is 0 Å². The van der Waals surface area contributed by atoms with Gasteiger partial charge in [-0.1, -0.05) is 25.5 Å². The molecule has 0 spiro atoms. The topological polar surface area (TPSA) is 32.3 Å². The lowest BCUT2D eigenvalue weighted by Crippen LogP contribution is -2.35. The van der Waals surface area contributed by atoms with Crippen LogP contribution in [0, 0.1) is 5.92 Å². The molecule has 1 aromatic heterocycles. The van der Waals surface area contributed by atoms with Crippen molar-refractivity contribution < 1.29 is 0 Å². The summed E-state index contributed by atoms with van der Waals surface area (Å²) in [5, 5.41) is 0. The van der Waals surface area contributed by atoms with E-state index in [1.165, 1.54) is 12.8 Å². The number of benzene rings is 1. The van der Waals surface area contributed by atoms with Crippen molar-refractivity contribution in [1.82, 2.24) is 14.9 Å². The number of fused-ring (bicyclic) bond motifs is 1. The number of likely N-dealkylation sites (N-methyl/N-ethyl adjacent to an activating group) is 1. The summed E-state index contributed by atoms with van der Waals surface area (Å²) < 4.78 is 0. The number of anilines is 1. The molecule has 0 radical (unpaired) electrons. The molecule has 3 rings (SSSR count).